The number of allylic oxidation sites excluding steroid dienone is 4. The van der Waals surface area contributed by atoms with Crippen LogP contribution in [0.4, 0.5) is 5.69 Å². The number of rotatable bonds is 1. The number of aliphatic imine (C=N–C) groups is 1. The topological polar surface area (TPSA) is 49.7 Å². The monoisotopic (exact) mass is 211 g/mol. The summed E-state index contributed by atoms with van der Waals surface area (Å²) < 4.78 is 0. The molecule has 0 atom stereocenters. The Morgan fingerprint density at radius 3 is 2.94 bits per heavy atom. The number of carboxylic acids is 1. The standard InChI is InChI=1S/C13H9NO2/c1-7-5-6-10-12(11(7)13(15)16)8-3-2-4-9(8)14-10/h2-6H,1H3,(H,15,16). The Morgan fingerprint density at radius 2 is 2.19 bits per heavy atom. The second-order valence-corrected chi connectivity index (χ2v) is 3.89. The van der Waals surface area contributed by atoms with Gasteiger partial charge in [-0.3, -0.25) is 0 Å². The number of carbonyl (C=O) groups is 1. The van der Waals surface area contributed by atoms with Crippen LogP contribution in [0.3, 0.4) is 0 Å². The highest BCUT2D eigenvalue weighted by atomic mass is 16.4. The van der Waals surface area contributed by atoms with E-state index in [1.807, 2.05) is 31.2 Å². The first-order chi connectivity index (χ1) is 7.68. The van der Waals surface area contributed by atoms with Crippen LogP contribution in [0.25, 0.3) is 5.57 Å². The van der Waals surface area contributed by atoms with Gasteiger partial charge in [-0.05, 0) is 24.6 Å². The molecule has 0 fully saturated rings. The third-order valence-electron chi connectivity index (χ3n) is 2.91. The van der Waals surface area contributed by atoms with Crippen LogP contribution in [0.1, 0.15) is 21.5 Å². The van der Waals surface area contributed by atoms with Gasteiger partial charge in [0.25, 0.3) is 0 Å². The molecule has 0 saturated carbocycles. The van der Waals surface area contributed by atoms with Crippen LogP contribution in [-0.4, -0.2) is 16.8 Å². The zero-order valence-corrected chi connectivity index (χ0v) is 8.69. The maximum absolute atomic E-state index is 11.3. The summed E-state index contributed by atoms with van der Waals surface area (Å²) in [7, 11) is 0. The number of carboxylic acid groups (broad SMARTS) is 1. The highest BCUT2D eigenvalue weighted by molar-refractivity contribution is 6.37. The Morgan fingerprint density at radius 1 is 1.38 bits per heavy atom. The van der Waals surface area contributed by atoms with Gasteiger partial charge in [-0.1, -0.05) is 18.2 Å². The lowest BCUT2D eigenvalue weighted by molar-refractivity contribution is 0.0696. The molecule has 1 aliphatic carbocycles. The molecule has 0 unspecified atom stereocenters. The van der Waals surface area contributed by atoms with Crippen LogP contribution >= 0.6 is 0 Å². The van der Waals surface area contributed by atoms with E-state index >= 15 is 0 Å². The van der Waals surface area contributed by atoms with Gasteiger partial charge in [0.05, 0.1) is 17.0 Å². The van der Waals surface area contributed by atoms with Crippen molar-refractivity contribution < 1.29 is 9.90 Å². The van der Waals surface area contributed by atoms with E-state index in [0.717, 1.165) is 28.1 Å². The van der Waals surface area contributed by atoms with Crippen molar-refractivity contribution in [3.05, 3.63) is 47.1 Å². The molecular weight excluding hydrogens is 202 g/mol. The summed E-state index contributed by atoms with van der Waals surface area (Å²) in [6, 6.07) is 3.68. The number of hydrogen-bond acceptors (Lipinski definition) is 2. The molecule has 1 heterocycles. The van der Waals surface area contributed by atoms with Crippen molar-refractivity contribution >= 4 is 22.9 Å². The van der Waals surface area contributed by atoms with E-state index in [0.29, 0.717) is 5.56 Å². The average molecular weight is 211 g/mol. The number of benzene rings is 1. The predicted octanol–water partition coefficient (Wildman–Crippen LogP) is 2.73. The highest BCUT2D eigenvalue weighted by Crippen LogP contribution is 2.40. The fourth-order valence-corrected chi connectivity index (χ4v) is 2.19. The minimum absolute atomic E-state index is 0.367. The van der Waals surface area contributed by atoms with Gasteiger partial charge in [0, 0.05) is 11.1 Å². The Labute approximate surface area is 92.4 Å². The summed E-state index contributed by atoms with van der Waals surface area (Å²) >= 11 is 0. The Kier molecular flexibility index (Phi) is 1.66. The van der Waals surface area contributed by atoms with Gasteiger partial charge in [0.2, 0.25) is 0 Å². The van der Waals surface area contributed by atoms with E-state index < -0.39 is 5.97 Å². The number of aryl methyl sites for hydroxylation is 1. The Hall–Kier alpha value is -2.16. The van der Waals surface area contributed by atoms with E-state index in [4.69, 9.17) is 0 Å². The van der Waals surface area contributed by atoms with Gasteiger partial charge in [0.15, 0.2) is 0 Å². The molecule has 1 aliphatic heterocycles. The molecule has 3 rings (SSSR count). The molecule has 0 bridgehead atoms. The minimum atomic E-state index is -0.890. The number of nitrogens with zero attached hydrogens (tertiary/aromatic N) is 1. The van der Waals surface area contributed by atoms with Crippen molar-refractivity contribution in [3.63, 3.8) is 0 Å². The van der Waals surface area contributed by atoms with Crippen molar-refractivity contribution in [2.75, 3.05) is 0 Å². The van der Waals surface area contributed by atoms with Crippen molar-refractivity contribution in [1.29, 1.82) is 0 Å². The maximum Gasteiger partial charge on any atom is 0.336 e. The number of aromatic carboxylic acids is 1. The van der Waals surface area contributed by atoms with Crippen molar-refractivity contribution in [2.24, 2.45) is 4.99 Å². The summed E-state index contributed by atoms with van der Waals surface area (Å²) in [5.41, 5.74) is 4.45. The van der Waals surface area contributed by atoms with Gasteiger partial charge in [-0.2, -0.15) is 0 Å². The van der Waals surface area contributed by atoms with E-state index in [2.05, 4.69) is 4.99 Å². The fraction of sp³-hybridized carbons (Fsp3) is 0.0769. The first kappa shape index (κ1) is 9.09. The quantitative estimate of drug-likeness (QED) is 0.776. The maximum atomic E-state index is 11.3. The predicted molar refractivity (Wildman–Crippen MR) is 62.4 cm³/mol. The molecule has 78 valence electrons. The number of hydrogen-bond donors (Lipinski definition) is 1. The molecule has 2 aliphatic rings. The minimum Gasteiger partial charge on any atom is -0.478 e. The van der Waals surface area contributed by atoms with Crippen molar-refractivity contribution in [2.45, 2.75) is 6.92 Å². The Bertz CT molecular complexity index is 607. The first-order valence-corrected chi connectivity index (χ1v) is 5.03. The molecular formula is C13H9NO2. The summed E-state index contributed by atoms with van der Waals surface area (Å²) in [4.78, 5) is 15.7. The molecule has 0 saturated heterocycles. The zero-order valence-electron chi connectivity index (χ0n) is 8.69. The van der Waals surface area contributed by atoms with Crippen LogP contribution in [0.5, 0.6) is 0 Å². The van der Waals surface area contributed by atoms with Gasteiger partial charge in [0.1, 0.15) is 0 Å². The highest BCUT2D eigenvalue weighted by Gasteiger charge is 2.27. The van der Waals surface area contributed by atoms with Gasteiger partial charge in [-0.15, -0.1) is 0 Å². The van der Waals surface area contributed by atoms with Crippen LogP contribution in [0, 0.1) is 6.92 Å². The Balaban J connectivity index is 2.34. The van der Waals surface area contributed by atoms with Crippen molar-refractivity contribution in [1.82, 2.24) is 0 Å². The molecule has 1 N–H and O–H groups in total. The van der Waals surface area contributed by atoms with E-state index in [1.165, 1.54) is 0 Å². The largest absolute Gasteiger partial charge is 0.478 e. The van der Waals surface area contributed by atoms with Crippen LogP contribution in [0.2, 0.25) is 0 Å². The van der Waals surface area contributed by atoms with Gasteiger partial charge in [-0.25, -0.2) is 9.79 Å². The van der Waals surface area contributed by atoms with Crippen molar-refractivity contribution in [3.8, 4) is 0 Å². The van der Waals surface area contributed by atoms with Crippen LogP contribution in [-0.2, 0) is 0 Å². The summed E-state index contributed by atoms with van der Waals surface area (Å²) in [6.45, 7) is 1.81. The molecule has 1 aromatic rings. The normalized spacial score (nSPS) is 15.6. The van der Waals surface area contributed by atoms with Crippen LogP contribution in [0.15, 0.2) is 35.4 Å². The van der Waals surface area contributed by atoms with E-state index in [1.54, 1.807) is 6.07 Å². The average Bonchev–Trinajstić information content (AvgIpc) is 2.77. The molecule has 3 heteroatoms. The molecule has 1 aromatic carbocycles. The molecule has 16 heavy (non-hydrogen) atoms. The summed E-state index contributed by atoms with van der Waals surface area (Å²) in [5.74, 6) is -0.890. The third-order valence-corrected chi connectivity index (χ3v) is 2.91. The SMILES string of the molecule is Cc1ccc2c(c1C(=O)O)C1=CC=CC1=N2. The van der Waals surface area contributed by atoms with E-state index in [9.17, 15) is 9.90 Å². The molecule has 0 spiro atoms. The third kappa shape index (κ3) is 1.03. The molecule has 3 nitrogen and oxygen atoms in total. The lowest BCUT2D eigenvalue weighted by atomic mass is 9.95. The summed E-state index contributed by atoms with van der Waals surface area (Å²) in [5, 5.41) is 9.25. The molecule has 0 amide bonds. The molecule has 0 aromatic heterocycles. The number of fused-ring (bicyclic) bond motifs is 3. The summed E-state index contributed by atoms with van der Waals surface area (Å²) in [6.07, 6.45) is 5.71. The van der Waals surface area contributed by atoms with Crippen LogP contribution < -0.4 is 0 Å². The van der Waals surface area contributed by atoms with Gasteiger partial charge < -0.3 is 5.11 Å². The first-order valence-electron chi connectivity index (χ1n) is 5.03. The molecule has 0 radical (unpaired) electrons. The lowest BCUT2D eigenvalue weighted by Crippen LogP contribution is -2.04. The fourth-order valence-electron chi connectivity index (χ4n) is 2.19. The zero-order chi connectivity index (χ0) is 11.3. The van der Waals surface area contributed by atoms with E-state index in [-0.39, 0.29) is 0 Å². The lowest BCUT2D eigenvalue weighted by Gasteiger charge is -2.07. The second kappa shape index (κ2) is 2.92. The second-order valence-electron chi connectivity index (χ2n) is 3.89. The smallest absolute Gasteiger partial charge is 0.336 e. The van der Waals surface area contributed by atoms with Gasteiger partial charge >= 0.3 is 5.97 Å².